The van der Waals surface area contributed by atoms with E-state index in [0.29, 0.717) is 0 Å². The van der Waals surface area contributed by atoms with Crippen LogP contribution in [0.5, 0.6) is 0 Å². The molecule has 14 aromatic rings. The lowest BCUT2D eigenvalue weighted by molar-refractivity contribution is 1.70. The van der Waals surface area contributed by atoms with Crippen LogP contribution in [0.4, 0.5) is 0 Å². The summed E-state index contributed by atoms with van der Waals surface area (Å²) in [5.74, 6) is 0. The summed E-state index contributed by atoms with van der Waals surface area (Å²) >= 11 is 0. The van der Waals surface area contributed by atoms with Gasteiger partial charge in [0.25, 0.3) is 0 Å². The van der Waals surface area contributed by atoms with Gasteiger partial charge in [0.1, 0.15) is 0 Å². The third-order valence-electron chi connectivity index (χ3n) is 14.0. The van der Waals surface area contributed by atoms with Gasteiger partial charge in [-0.1, -0.05) is 194 Å². The SMILES string of the molecule is c1ccc2c(c1)c1ccccc1c1cc(-c3ccc4c(c3)c3ccccc3c3c5ccc(-c6ccc7c8ccccc8c8ccccc8c7c6)cc5c5ccccc5c43)ccc21. The zero-order chi connectivity index (χ0) is 40.5. The molecule has 0 N–H and O–H groups in total. The predicted molar refractivity (Wildman–Crippen MR) is 270 cm³/mol. The van der Waals surface area contributed by atoms with Gasteiger partial charge in [-0.05, 0) is 165 Å². The lowest BCUT2D eigenvalue weighted by Crippen LogP contribution is -1.90. The van der Waals surface area contributed by atoms with Crippen LogP contribution in [0.25, 0.3) is 141 Å². The number of hydrogen-bond donors (Lipinski definition) is 0. The van der Waals surface area contributed by atoms with Crippen molar-refractivity contribution in [2.75, 3.05) is 0 Å². The molecule has 62 heavy (non-hydrogen) atoms. The minimum absolute atomic E-state index is 1.23. The number of fused-ring (bicyclic) bond motifs is 23. The Labute approximate surface area is 357 Å². The van der Waals surface area contributed by atoms with Gasteiger partial charge in [-0.2, -0.15) is 0 Å². The van der Waals surface area contributed by atoms with E-state index in [-0.39, 0.29) is 0 Å². The molecular formula is C62H36. The van der Waals surface area contributed by atoms with Crippen molar-refractivity contribution in [3.05, 3.63) is 218 Å². The second-order valence-electron chi connectivity index (χ2n) is 17.1. The number of benzene rings is 14. The zero-order valence-corrected chi connectivity index (χ0v) is 33.8. The van der Waals surface area contributed by atoms with Crippen molar-refractivity contribution in [1.82, 2.24) is 0 Å². The molecular weight excluding hydrogens is 745 g/mol. The summed E-state index contributed by atoms with van der Waals surface area (Å²) in [5, 5.41) is 28.5. The summed E-state index contributed by atoms with van der Waals surface area (Å²) in [4.78, 5) is 0. The van der Waals surface area contributed by atoms with Crippen LogP contribution in [0.1, 0.15) is 0 Å². The van der Waals surface area contributed by atoms with Crippen LogP contribution < -0.4 is 0 Å². The number of hydrogen-bond acceptors (Lipinski definition) is 0. The van der Waals surface area contributed by atoms with E-state index in [4.69, 9.17) is 0 Å². The van der Waals surface area contributed by atoms with Crippen LogP contribution in [0, 0.1) is 0 Å². The van der Waals surface area contributed by atoms with Crippen molar-refractivity contribution in [2.24, 2.45) is 0 Å². The van der Waals surface area contributed by atoms with Crippen molar-refractivity contribution in [3.63, 3.8) is 0 Å². The standard InChI is InChI=1S/C62H36/c1-3-17-45-41(13-1)43-15-5-7-19-47(43)57-33-37(25-29-51(45)57)39-27-31-55-59(35-39)49-21-9-11-23-53(49)62-56-32-28-40(36-60(56)50-22-10-12-24-54(50)61(55)62)38-26-30-52-46-18-4-2-14-42(46)44-16-6-8-20-48(44)58(52)34-38/h1-36H. The summed E-state index contributed by atoms with van der Waals surface area (Å²) in [6.45, 7) is 0. The highest BCUT2D eigenvalue weighted by Gasteiger charge is 2.18. The third kappa shape index (κ3) is 4.67. The molecule has 0 bridgehead atoms. The highest BCUT2D eigenvalue weighted by molar-refractivity contribution is 6.40. The molecule has 0 aliphatic heterocycles. The highest BCUT2D eigenvalue weighted by Crippen LogP contribution is 2.46. The van der Waals surface area contributed by atoms with Crippen molar-refractivity contribution < 1.29 is 0 Å². The minimum Gasteiger partial charge on any atom is -0.0616 e. The second-order valence-corrected chi connectivity index (χ2v) is 17.1. The Hall–Kier alpha value is -8.06. The van der Waals surface area contributed by atoms with Crippen LogP contribution in [-0.4, -0.2) is 0 Å². The average Bonchev–Trinajstić information content (AvgIpc) is 3.35. The molecule has 0 aromatic heterocycles. The molecule has 0 aliphatic carbocycles. The first-order chi connectivity index (χ1) is 30.8. The fourth-order valence-electron chi connectivity index (χ4n) is 11.2. The first kappa shape index (κ1) is 33.7. The first-order valence-corrected chi connectivity index (χ1v) is 21.7. The van der Waals surface area contributed by atoms with Crippen LogP contribution in [0.15, 0.2) is 218 Å². The molecule has 0 fully saturated rings. The molecule has 0 radical (unpaired) electrons. The minimum atomic E-state index is 1.23. The maximum atomic E-state index is 2.44. The fraction of sp³-hybridized carbons (Fsp3) is 0. The Morgan fingerprint density at radius 3 is 0.565 bits per heavy atom. The van der Waals surface area contributed by atoms with E-state index in [9.17, 15) is 0 Å². The molecule has 14 aromatic carbocycles. The fourth-order valence-corrected chi connectivity index (χ4v) is 11.2. The van der Waals surface area contributed by atoms with Gasteiger partial charge in [0.05, 0.1) is 0 Å². The van der Waals surface area contributed by atoms with E-state index in [1.54, 1.807) is 0 Å². The van der Waals surface area contributed by atoms with E-state index >= 15 is 0 Å². The normalized spacial score (nSPS) is 12.2. The van der Waals surface area contributed by atoms with Gasteiger partial charge < -0.3 is 0 Å². The van der Waals surface area contributed by atoms with Crippen molar-refractivity contribution in [3.8, 4) is 22.3 Å². The Morgan fingerprint density at radius 1 is 0.129 bits per heavy atom. The van der Waals surface area contributed by atoms with Gasteiger partial charge in [0.2, 0.25) is 0 Å². The van der Waals surface area contributed by atoms with Crippen LogP contribution in [0.2, 0.25) is 0 Å². The van der Waals surface area contributed by atoms with E-state index in [2.05, 4.69) is 218 Å². The molecule has 0 saturated heterocycles. The summed E-state index contributed by atoms with van der Waals surface area (Å²) in [7, 11) is 0. The topological polar surface area (TPSA) is 0 Å². The van der Waals surface area contributed by atoms with Crippen LogP contribution in [-0.2, 0) is 0 Å². The van der Waals surface area contributed by atoms with Gasteiger partial charge >= 0.3 is 0 Å². The second kappa shape index (κ2) is 12.7. The lowest BCUT2D eigenvalue weighted by Gasteiger charge is -2.18. The Balaban J connectivity index is 1.00. The molecule has 0 aliphatic rings. The molecule has 0 spiro atoms. The number of rotatable bonds is 2. The van der Waals surface area contributed by atoms with E-state index in [1.165, 1.54) is 141 Å². The quantitative estimate of drug-likeness (QED) is 0.153. The summed E-state index contributed by atoms with van der Waals surface area (Å²) in [5.41, 5.74) is 4.92. The molecule has 0 saturated carbocycles. The largest absolute Gasteiger partial charge is 0.0616 e. The summed E-state index contributed by atoms with van der Waals surface area (Å²) in [6.07, 6.45) is 0. The Bertz CT molecular complexity index is 3920. The summed E-state index contributed by atoms with van der Waals surface area (Å²) < 4.78 is 0. The molecule has 284 valence electrons. The molecule has 0 heteroatoms. The van der Waals surface area contributed by atoms with E-state index in [0.717, 1.165) is 0 Å². The van der Waals surface area contributed by atoms with Gasteiger partial charge in [0, 0.05) is 0 Å². The molecule has 14 rings (SSSR count). The Kier molecular flexibility index (Phi) is 6.92. The third-order valence-corrected chi connectivity index (χ3v) is 14.0. The van der Waals surface area contributed by atoms with Crippen LogP contribution >= 0.6 is 0 Å². The van der Waals surface area contributed by atoms with E-state index < -0.39 is 0 Å². The maximum absolute atomic E-state index is 2.44. The molecule has 0 heterocycles. The smallest absolute Gasteiger partial charge is 0.00139 e. The predicted octanol–water partition coefficient (Wildman–Crippen LogP) is 17.7. The Morgan fingerprint density at radius 2 is 0.290 bits per heavy atom. The van der Waals surface area contributed by atoms with Gasteiger partial charge in [-0.25, -0.2) is 0 Å². The monoisotopic (exact) mass is 780 g/mol. The highest BCUT2D eigenvalue weighted by atomic mass is 14.2. The lowest BCUT2D eigenvalue weighted by atomic mass is 9.85. The van der Waals surface area contributed by atoms with Gasteiger partial charge in [-0.3, -0.25) is 0 Å². The van der Waals surface area contributed by atoms with Gasteiger partial charge in [-0.15, -0.1) is 0 Å². The maximum Gasteiger partial charge on any atom is -0.00139 e. The summed E-state index contributed by atoms with van der Waals surface area (Å²) in [6, 6.07) is 81.9. The average molecular weight is 781 g/mol. The van der Waals surface area contributed by atoms with Crippen molar-refractivity contribution in [1.29, 1.82) is 0 Å². The van der Waals surface area contributed by atoms with Crippen LogP contribution in [0.3, 0.4) is 0 Å². The van der Waals surface area contributed by atoms with Gasteiger partial charge in [0.15, 0.2) is 0 Å². The van der Waals surface area contributed by atoms with Crippen molar-refractivity contribution >= 4 is 118 Å². The molecule has 0 amide bonds. The molecule has 0 nitrogen and oxygen atoms in total. The van der Waals surface area contributed by atoms with Crippen molar-refractivity contribution in [2.45, 2.75) is 0 Å². The molecule has 0 unspecified atom stereocenters. The van der Waals surface area contributed by atoms with E-state index in [1.807, 2.05) is 0 Å². The zero-order valence-electron chi connectivity index (χ0n) is 33.8. The molecule has 0 atom stereocenters. The first-order valence-electron chi connectivity index (χ1n) is 21.7.